The summed E-state index contributed by atoms with van der Waals surface area (Å²) in [6.45, 7) is 2.54. The Kier molecular flexibility index (Phi) is 2.82. The number of nitrogens with one attached hydrogen (secondary N) is 1. The molecule has 5 heteroatoms. The molecule has 0 aliphatic rings. The van der Waals surface area contributed by atoms with E-state index in [2.05, 4.69) is 15.0 Å². The molecule has 0 aliphatic heterocycles. The first-order valence-electron chi connectivity index (χ1n) is 4.96. The summed E-state index contributed by atoms with van der Waals surface area (Å²) in [5.41, 5.74) is 6.24. The number of hydrogen-bond acceptors (Lipinski definition) is 4. The Hall–Kier alpha value is -1.62. The summed E-state index contributed by atoms with van der Waals surface area (Å²) in [5, 5.41) is 0. The van der Waals surface area contributed by atoms with Gasteiger partial charge in [-0.15, -0.1) is 0 Å². The highest BCUT2D eigenvalue weighted by Crippen LogP contribution is 2.16. The second kappa shape index (κ2) is 4.27. The van der Waals surface area contributed by atoms with Crippen molar-refractivity contribution in [3.63, 3.8) is 0 Å². The van der Waals surface area contributed by atoms with Gasteiger partial charge in [0.2, 0.25) is 5.89 Å². The number of rotatable bonds is 4. The van der Waals surface area contributed by atoms with E-state index in [0.29, 0.717) is 12.4 Å². The van der Waals surface area contributed by atoms with E-state index in [1.165, 1.54) is 0 Å². The molecule has 15 heavy (non-hydrogen) atoms. The maximum Gasteiger partial charge on any atom is 0.244 e. The number of nitrogens with two attached hydrogens (primary N) is 1. The van der Waals surface area contributed by atoms with Crippen LogP contribution in [0, 0.1) is 6.92 Å². The number of oxazole rings is 1. The molecule has 0 aromatic carbocycles. The van der Waals surface area contributed by atoms with Crippen molar-refractivity contribution in [2.75, 3.05) is 6.54 Å². The molecule has 0 fully saturated rings. The Morgan fingerprint density at radius 1 is 1.40 bits per heavy atom. The van der Waals surface area contributed by atoms with Crippen LogP contribution in [0.1, 0.15) is 18.0 Å². The first kappa shape index (κ1) is 9.92. The fourth-order valence-electron chi connectivity index (χ4n) is 1.35. The van der Waals surface area contributed by atoms with Gasteiger partial charge in [0, 0.05) is 6.42 Å². The average molecular weight is 206 g/mol. The molecule has 0 atom stereocenters. The third kappa shape index (κ3) is 2.24. The fraction of sp³-hybridized carbons (Fsp3) is 0.400. The number of H-pyrrole nitrogens is 1. The number of aromatic nitrogens is 3. The maximum absolute atomic E-state index is 5.43. The van der Waals surface area contributed by atoms with E-state index in [-0.39, 0.29) is 0 Å². The number of aryl methyl sites for hydroxylation is 2. The lowest BCUT2D eigenvalue weighted by Gasteiger charge is -1.92. The van der Waals surface area contributed by atoms with Crippen LogP contribution in [0.15, 0.2) is 16.8 Å². The Balaban J connectivity index is 2.13. The highest BCUT2D eigenvalue weighted by molar-refractivity contribution is 5.45. The minimum absolute atomic E-state index is 0.582. The van der Waals surface area contributed by atoms with Gasteiger partial charge in [-0.2, -0.15) is 0 Å². The second-order valence-corrected chi connectivity index (χ2v) is 3.41. The quantitative estimate of drug-likeness (QED) is 0.789. The highest BCUT2D eigenvalue weighted by atomic mass is 16.4. The molecular weight excluding hydrogens is 192 g/mol. The number of imidazole rings is 1. The van der Waals surface area contributed by atoms with Crippen LogP contribution in [0.5, 0.6) is 0 Å². The van der Waals surface area contributed by atoms with Crippen molar-refractivity contribution >= 4 is 0 Å². The SMILES string of the molecule is Cc1cnc(-c2cnc(CCCN)[nH]2)o1. The summed E-state index contributed by atoms with van der Waals surface area (Å²) in [7, 11) is 0. The van der Waals surface area contributed by atoms with Crippen molar-refractivity contribution in [2.24, 2.45) is 5.73 Å². The van der Waals surface area contributed by atoms with Gasteiger partial charge in [-0.3, -0.25) is 0 Å². The molecule has 2 rings (SSSR count). The monoisotopic (exact) mass is 206 g/mol. The Morgan fingerprint density at radius 3 is 2.93 bits per heavy atom. The minimum Gasteiger partial charge on any atom is -0.440 e. The van der Waals surface area contributed by atoms with Gasteiger partial charge in [-0.25, -0.2) is 9.97 Å². The molecule has 0 unspecified atom stereocenters. The van der Waals surface area contributed by atoms with Crippen molar-refractivity contribution in [2.45, 2.75) is 19.8 Å². The zero-order chi connectivity index (χ0) is 10.7. The Bertz CT molecular complexity index is 432. The number of nitrogens with zero attached hydrogens (tertiary/aromatic N) is 2. The smallest absolute Gasteiger partial charge is 0.244 e. The Labute approximate surface area is 87.7 Å². The van der Waals surface area contributed by atoms with E-state index in [0.717, 1.165) is 30.1 Å². The third-order valence-electron chi connectivity index (χ3n) is 2.10. The van der Waals surface area contributed by atoms with Gasteiger partial charge in [-0.1, -0.05) is 0 Å². The van der Waals surface area contributed by atoms with Gasteiger partial charge >= 0.3 is 0 Å². The van der Waals surface area contributed by atoms with Crippen LogP contribution in [-0.4, -0.2) is 21.5 Å². The molecule has 0 saturated carbocycles. The molecule has 0 radical (unpaired) electrons. The van der Waals surface area contributed by atoms with Crippen LogP contribution in [0.2, 0.25) is 0 Å². The zero-order valence-corrected chi connectivity index (χ0v) is 8.66. The topological polar surface area (TPSA) is 80.7 Å². The van der Waals surface area contributed by atoms with Gasteiger partial charge in [0.25, 0.3) is 0 Å². The van der Waals surface area contributed by atoms with Crippen molar-refractivity contribution < 1.29 is 4.42 Å². The molecule has 80 valence electrons. The van der Waals surface area contributed by atoms with Gasteiger partial charge in [-0.05, 0) is 19.9 Å². The summed E-state index contributed by atoms with van der Waals surface area (Å²) in [5.74, 6) is 2.30. The van der Waals surface area contributed by atoms with Crippen LogP contribution in [0.4, 0.5) is 0 Å². The lowest BCUT2D eigenvalue weighted by Crippen LogP contribution is -2.01. The Morgan fingerprint density at radius 2 is 2.27 bits per heavy atom. The maximum atomic E-state index is 5.43. The van der Waals surface area contributed by atoms with Gasteiger partial charge in [0.15, 0.2) is 0 Å². The summed E-state index contributed by atoms with van der Waals surface area (Å²) in [6, 6.07) is 0. The van der Waals surface area contributed by atoms with Crippen LogP contribution in [0.25, 0.3) is 11.6 Å². The van der Waals surface area contributed by atoms with E-state index < -0.39 is 0 Å². The number of aromatic amines is 1. The summed E-state index contributed by atoms with van der Waals surface area (Å²) < 4.78 is 5.38. The van der Waals surface area contributed by atoms with Crippen LogP contribution >= 0.6 is 0 Å². The predicted molar refractivity (Wildman–Crippen MR) is 56.2 cm³/mol. The van der Waals surface area contributed by atoms with E-state index >= 15 is 0 Å². The first-order valence-corrected chi connectivity index (χ1v) is 4.96. The van der Waals surface area contributed by atoms with Gasteiger partial charge in [0.1, 0.15) is 17.3 Å². The summed E-state index contributed by atoms with van der Waals surface area (Å²) in [6.07, 6.45) is 5.21. The summed E-state index contributed by atoms with van der Waals surface area (Å²) in [4.78, 5) is 11.5. The summed E-state index contributed by atoms with van der Waals surface area (Å²) >= 11 is 0. The zero-order valence-electron chi connectivity index (χ0n) is 8.66. The molecule has 3 N–H and O–H groups in total. The molecule has 0 spiro atoms. The molecule has 0 aliphatic carbocycles. The van der Waals surface area contributed by atoms with Crippen molar-refractivity contribution in [3.05, 3.63) is 24.0 Å². The van der Waals surface area contributed by atoms with Crippen LogP contribution in [0.3, 0.4) is 0 Å². The second-order valence-electron chi connectivity index (χ2n) is 3.41. The van der Waals surface area contributed by atoms with Crippen molar-refractivity contribution in [1.82, 2.24) is 15.0 Å². The lowest BCUT2D eigenvalue weighted by molar-refractivity contribution is 0.540. The van der Waals surface area contributed by atoms with Crippen LogP contribution < -0.4 is 5.73 Å². The normalized spacial score (nSPS) is 10.8. The van der Waals surface area contributed by atoms with E-state index in [1.54, 1.807) is 12.4 Å². The molecule has 5 nitrogen and oxygen atoms in total. The fourth-order valence-corrected chi connectivity index (χ4v) is 1.35. The third-order valence-corrected chi connectivity index (χ3v) is 2.10. The van der Waals surface area contributed by atoms with Crippen LogP contribution in [-0.2, 0) is 6.42 Å². The molecule has 2 aromatic heterocycles. The lowest BCUT2D eigenvalue weighted by atomic mass is 10.3. The molecule has 0 saturated heterocycles. The van der Waals surface area contributed by atoms with Gasteiger partial charge < -0.3 is 15.1 Å². The largest absolute Gasteiger partial charge is 0.440 e. The molecule has 2 heterocycles. The average Bonchev–Trinajstić information content (AvgIpc) is 2.83. The molecule has 0 amide bonds. The molecule has 2 aromatic rings. The predicted octanol–water partition coefficient (Wildman–Crippen LogP) is 1.26. The van der Waals surface area contributed by atoms with E-state index in [9.17, 15) is 0 Å². The number of hydrogen-bond donors (Lipinski definition) is 2. The van der Waals surface area contributed by atoms with Crippen molar-refractivity contribution in [3.8, 4) is 11.6 Å². The van der Waals surface area contributed by atoms with E-state index in [1.807, 2.05) is 6.92 Å². The standard InChI is InChI=1S/C10H14N4O/c1-7-5-13-10(15-7)8-6-12-9(14-8)3-2-4-11/h5-6H,2-4,11H2,1H3,(H,12,14). The van der Waals surface area contributed by atoms with Gasteiger partial charge in [0.05, 0.1) is 12.4 Å². The molecular formula is C10H14N4O. The highest BCUT2D eigenvalue weighted by Gasteiger charge is 2.07. The molecule has 0 bridgehead atoms. The van der Waals surface area contributed by atoms with E-state index in [4.69, 9.17) is 10.2 Å². The first-order chi connectivity index (χ1) is 7.29. The van der Waals surface area contributed by atoms with Crippen molar-refractivity contribution in [1.29, 1.82) is 0 Å². The minimum atomic E-state index is 0.582.